The Morgan fingerprint density at radius 3 is 2.64 bits per heavy atom. The highest BCUT2D eigenvalue weighted by atomic mass is 16.3. The highest BCUT2D eigenvalue weighted by Gasteiger charge is 2.15. The summed E-state index contributed by atoms with van der Waals surface area (Å²) in [5, 5.41) is 19.5. The van der Waals surface area contributed by atoms with Crippen molar-refractivity contribution in [3.8, 4) is 0 Å². The third-order valence-corrected chi connectivity index (χ3v) is 3.07. The molecule has 0 aromatic carbocycles. The van der Waals surface area contributed by atoms with Crippen molar-refractivity contribution in [3.63, 3.8) is 0 Å². The van der Waals surface area contributed by atoms with Crippen LogP contribution in [0.25, 0.3) is 0 Å². The number of pyridine rings is 1. The van der Waals surface area contributed by atoms with E-state index in [9.17, 15) is 9.90 Å². The lowest BCUT2D eigenvalue weighted by Gasteiger charge is -2.18. The van der Waals surface area contributed by atoms with Gasteiger partial charge >= 0.3 is 6.03 Å². The molecule has 0 bridgehead atoms. The molecule has 22 heavy (non-hydrogen) atoms. The van der Waals surface area contributed by atoms with Gasteiger partial charge in [0.2, 0.25) is 0 Å². The highest BCUT2D eigenvalue weighted by Crippen LogP contribution is 2.15. The van der Waals surface area contributed by atoms with Gasteiger partial charge in [-0.3, -0.25) is 9.67 Å². The minimum atomic E-state index is -0.772. The summed E-state index contributed by atoms with van der Waals surface area (Å²) in [6.45, 7) is 6.18. The first-order valence-corrected chi connectivity index (χ1v) is 7.04. The van der Waals surface area contributed by atoms with Crippen molar-refractivity contribution in [1.82, 2.24) is 20.1 Å². The van der Waals surface area contributed by atoms with E-state index in [4.69, 9.17) is 0 Å². The third kappa shape index (κ3) is 4.29. The summed E-state index contributed by atoms with van der Waals surface area (Å²) in [7, 11) is 0. The van der Waals surface area contributed by atoms with Crippen molar-refractivity contribution < 1.29 is 9.90 Å². The van der Waals surface area contributed by atoms with Crippen LogP contribution in [0.3, 0.4) is 0 Å². The van der Waals surface area contributed by atoms with Crippen molar-refractivity contribution in [2.24, 2.45) is 0 Å². The molecule has 2 heterocycles. The summed E-state index contributed by atoms with van der Waals surface area (Å²) >= 11 is 0. The Morgan fingerprint density at radius 1 is 1.36 bits per heavy atom. The molecule has 0 radical (unpaired) electrons. The van der Waals surface area contributed by atoms with E-state index >= 15 is 0 Å². The van der Waals surface area contributed by atoms with Crippen molar-refractivity contribution in [1.29, 1.82) is 0 Å². The van der Waals surface area contributed by atoms with Gasteiger partial charge in [-0.2, -0.15) is 5.10 Å². The van der Waals surface area contributed by atoms with Crippen LogP contribution in [0.2, 0.25) is 0 Å². The Labute approximate surface area is 129 Å². The maximum atomic E-state index is 11.8. The molecule has 2 aromatic rings. The smallest absolute Gasteiger partial charge is 0.319 e. The van der Waals surface area contributed by atoms with Crippen molar-refractivity contribution >= 4 is 11.7 Å². The summed E-state index contributed by atoms with van der Waals surface area (Å²) in [4.78, 5) is 15.7. The molecule has 0 saturated heterocycles. The number of hydrogen-bond acceptors (Lipinski definition) is 4. The van der Waals surface area contributed by atoms with Crippen LogP contribution in [-0.2, 0) is 5.54 Å². The lowest BCUT2D eigenvalue weighted by Crippen LogP contribution is -2.32. The van der Waals surface area contributed by atoms with E-state index in [0.29, 0.717) is 11.3 Å². The van der Waals surface area contributed by atoms with Crippen LogP contribution in [0.5, 0.6) is 0 Å². The lowest BCUT2D eigenvalue weighted by atomic mass is 10.1. The Morgan fingerprint density at radius 2 is 2.05 bits per heavy atom. The number of aliphatic hydroxyl groups is 1. The average Bonchev–Trinajstić information content (AvgIpc) is 2.94. The number of nitrogens with zero attached hydrogens (tertiary/aromatic N) is 3. The van der Waals surface area contributed by atoms with Crippen LogP contribution in [0, 0.1) is 0 Å². The zero-order valence-corrected chi connectivity index (χ0v) is 12.9. The van der Waals surface area contributed by atoms with Crippen LogP contribution >= 0.6 is 0 Å². The maximum Gasteiger partial charge on any atom is 0.319 e. The first kappa shape index (κ1) is 16.0. The van der Waals surface area contributed by atoms with Gasteiger partial charge in [0.1, 0.15) is 0 Å². The molecule has 3 N–H and O–H groups in total. The second kappa shape index (κ2) is 6.57. The van der Waals surface area contributed by atoms with Gasteiger partial charge in [-0.25, -0.2) is 4.79 Å². The van der Waals surface area contributed by atoms with Crippen molar-refractivity contribution in [2.75, 3.05) is 11.9 Å². The molecule has 0 saturated carbocycles. The molecular formula is C15H21N5O2. The Kier molecular flexibility index (Phi) is 4.77. The molecule has 2 amide bonds. The fourth-order valence-electron chi connectivity index (χ4n) is 1.82. The van der Waals surface area contributed by atoms with Gasteiger partial charge in [0.15, 0.2) is 0 Å². The van der Waals surface area contributed by atoms with Gasteiger partial charge in [-0.05, 0) is 38.5 Å². The SMILES string of the molecule is CC(C)(C)n1cc(NC(=O)NCC(O)c2ccncc2)cn1. The van der Waals surface area contributed by atoms with Gasteiger partial charge in [0.05, 0.1) is 23.5 Å². The quantitative estimate of drug-likeness (QED) is 0.804. The molecule has 7 nitrogen and oxygen atoms in total. The summed E-state index contributed by atoms with van der Waals surface area (Å²) < 4.78 is 1.77. The van der Waals surface area contributed by atoms with E-state index in [2.05, 4.69) is 20.7 Å². The number of aromatic nitrogens is 3. The highest BCUT2D eigenvalue weighted by molar-refractivity contribution is 5.88. The van der Waals surface area contributed by atoms with Gasteiger partial charge < -0.3 is 15.7 Å². The van der Waals surface area contributed by atoms with E-state index in [0.717, 1.165) is 0 Å². The van der Waals surface area contributed by atoms with E-state index < -0.39 is 6.10 Å². The average molecular weight is 303 g/mol. The molecule has 118 valence electrons. The summed E-state index contributed by atoms with van der Waals surface area (Å²) in [5.41, 5.74) is 1.16. The van der Waals surface area contributed by atoms with Crippen LogP contribution in [0.15, 0.2) is 36.9 Å². The van der Waals surface area contributed by atoms with E-state index in [-0.39, 0.29) is 18.1 Å². The first-order valence-electron chi connectivity index (χ1n) is 7.04. The monoisotopic (exact) mass is 303 g/mol. The van der Waals surface area contributed by atoms with Crippen LogP contribution in [-0.4, -0.2) is 32.4 Å². The molecule has 0 fully saturated rings. The van der Waals surface area contributed by atoms with Gasteiger partial charge in [-0.1, -0.05) is 0 Å². The predicted molar refractivity (Wildman–Crippen MR) is 83.4 cm³/mol. The number of carbonyl (C=O) groups excluding carboxylic acids is 1. The number of nitrogens with one attached hydrogen (secondary N) is 2. The first-order chi connectivity index (χ1) is 10.4. The molecule has 1 unspecified atom stereocenters. The van der Waals surface area contributed by atoms with Gasteiger partial charge in [0.25, 0.3) is 0 Å². The fraction of sp³-hybridized carbons (Fsp3) is 0.400. The molecule has 0 aliphatic rings. The maximum absolute atomic E-state index is 11.8. The normalized spacial score (nSPS) is 12.7. The molecule has 2 aromatic heterocycles. The second-order valence-electron chi connectivity index (χ2n) is 5.98. The van der Waals surface area contributed by atoms with Crippen LogP contribution in [0.4, 0.5) is 10.5 Å². The third-order valence-electron chi connectivity index (χ3n) is 3.07. The molecule has 0 spiro atoms. The Hall–Kier alpha value is -2.41. The zero-order chi connectivity index (χ0) is 16.2. The number of anilines is 1. The molecule has 0 aliphatic carbocycles. The summed E-state index contributed by atoms with van der Waals surface area (Å²) in [6.07, 6.45) is 5.77. The van der Waals surface area contributed by atoms with Crippen LogP contribution in [0.1, 0.15) is 32.4 Å². The fourth-order valence-corrected chi connectivity index (χ4v) is 1.82. The Bertz CT molecular complexity index is 618. The van der Waals surface area contributed by atoms with E-state index in [1.165, 1.54) is 0 Å². The molecule has 7 heteroatoms. The van der Waals surface area contributed by atoms with Gasteiger partial charge in [0, 0.05) is 25.1 Å². The minimum absolute atomic E-state index is 0.114. The standard InChI is InChI=1S/C15H21N5O2/c1-15(2,3)20-10-12(8-18-20)19-14(22)17-9-13(21)11-4-6-16-7-5-11/h4-8,10,13,21H,9H2,1-3H3,(H2,17,19,22). The topological polar surface area (TPSA) is 92.1 Å². The van der Waals surface area contributed by atoms with E-state index in [1.807, 2.05) is 20.8 Å². The Balaban J connectivity index is 1.84. The summed E-state index contributed by atoms with van der Waals surface area (Å²) in [5.74, 6) is 0. The van der Waals surface area contributed by atoms with Gasteiger partial charge in [-0.15, -0.1) is 0 Å². The molecule has 0 aliphatic heterocycles. The minimum Gasteiger partial charge on any atom is -0.387 e. The lowest BCUT2D eigenvalue weighted by molar-refractivity contribution is 0.175. The van der Waals surface area contributed by atoms with Crippen molar-refractivity contribution in [3.05, 3.63) is 42.5 Å². The molecule has 1 atom stereocenters. The predicted octanol–water partition coefficient (Wildman–Crippen LogP) is 1.89. The van der Waals surface area contributed by atoms with E-state index in [1.54, 1.807) is 41.6 Å². The zero-order valence-electron chi connectivity index (χ0n) is 12.9. The number of amides is 2. The largest absolute Gasteiger partial charge is 0.387 e. The number of urea groups is 1. The number of aliphatic hydroxyl groups excluding tert-OH is 1. The van der Waals surface area contributed by atoms with Crippen molar-refractivity contribution in [2.45, 2.75) is 32.4 Å². The number of hydrogen-bond donors (Lipinski definition) is 3. The number of rotatable bonds is 4. The van der Waals surface area contributed by atoms with Crippen LogP contribution < -0.4 is 10.6 Å². The number of carbonyl (C=O) groups is 1. The molecule has 2 rings (SSSR count). The summed E-state index contributed by atoms with van der Waals surface area (Å²) in [6, 6.07) is 3.02. The molecular weight excluding hydrogens is 282 g/mol. The second-order valence-corrected chi connectivity index (χ2v) is 5.98.